The average Bonchev–Trinajstić information content (AvgIpc) is 3.12. The van der Waals surface area contributed by atoms with E-state index in [1.165, 1.54) is 12.0 Å². The zero-order valence-corrected chi connectivity index (χ0v) is 21.1. The van der Waals surface area contributed by atoms with Crippen LogP contribution in [0.2, 0.25) is 5.02 Å². The third-order valence-electron chi connectivity index (χ3n) is 5.86. The molecule has 7 nitrogen and oxygen atoms in total. The number of hydrogen-bond acceptors (Lipinski definition) is 5. The van der Waals surface area contributed by atoms with E-state index in [0.717, 1.165) is 5.56 Å². The van der Waals surface area contributed by atoms with E-state index in [0.29, 0.717) is 40.0 Å². The number of nitrogens with zero attached hydrogens (tertiary/aromatic N) is 2. The lowest BCUT2D eigenvalue weighted by molar-refractivity contribution is -0.124. The topological polar surface area (TPSA) is 78.9 Å². The van der Waals surface area contributed by atoms with Gasteiger partial charge in [0.1, 0.15) is 6.04 Å². The van der Waals surface area contributed by atoms with Gasteiger partial charge in [0.15, 0.2) is 5.11 Å². The molecule has 3 aromatic carbocycles. The summed E-state index contributed by atoms with van der Waals surface area (Å²) in [6.45, 7) is 0.477. The Morgan fingerprint density at radius 1 is 1.00 bits per heavy atom. The maximum Gasteiger partial charge on any atom is 0.337 e. The third kappa shape index (κ3) is 5.72. The number of thiocarbonyl (C=S) groups is 1. The number of methoxy groups -OCH3 is 1. The zero-order chi connectivity index (χ0) is 25.7. The van der Waals surface area contributed by atoms with Crippen molar-refractivity contribution in [2.75, 3.05) is 23.9 Å². The van der Waals surface area contributed by atoms with Gasteiger partial charge < -0.3 is 15.0 Å². The Kier molecular flexibility index (Phi) is 7.97. The maximum atomic E-state index is 13.5. The SMILES string of the molecule is COC(=O)c1ccc(NC(=O)CC2C(=O)N(c3ccc(Cl)cc3)C(=S)N2CCc2ccccc2)cc1. The molecule has 0 radical (unpaired) electrons. The summed E-state index contributed by atoms with van der Waals surface area (Å²) in [5.74, 6) is -1.08. The van der Waals surface area contributed by atoms with Gasteiger partial charge in [-0.15, -0.1) is 0 Å². The van der Waals surface area contributed by atoms with Crippen molar-refractivity contribution in [3.63, 3.8) is 0 Å². The highest BCUT2D eigenvalue weighted by atomic mass is 35.5. The van der Waals surface area contributed by atoms with Crippen LogP contribution in [-0.4, -0.2) is 47.5 Å². The van der Waals surface area contributed by atoms with E-state index in [2.05, 4.69) is 5.32 Å². The van der Waals surface area contributed by atoms with E-state index in [1.807, 2.05) is 30.3 Å². The summed E-state index contributed by atoms with van der Waals surface area (Å²) in [7, 11) is 1.30. The van der Waals surface area contributed by atoms with Gasteiger partial charge in [0.2, 0.25) is 5.91 Å². The highest BCUT2D eigenvalue weighted by Gasteiger charge is 2.43. The Balaban J connectivity index is 1.52. The van der Waals surface area contributed by atoms with Crippen molar-refractivity contribution in [1.29, 1.82) is 0 Å². The van der Waals surface area contributed by atoms with Crippen molar-refractivity contribution in [2.45, 2.75) is 18.9 Å². The fourth-order valence-corrected chi connectivity index (χ4v) is 4.54. The molecule has 0 spiro atoms. The Bertz CT molecular complexity index is 1270. The number of carbonyl (C=O) groups is 3. The van der Waals surface area contributed by atoms with Crippen LogP contribution in [0.25, 0.3) is 0 Å². The molecular weight excluding hydrogens is 498 g/mol. The molecule has 0 aliphatic carbocycles. The van der Waals surface area contributed by atoms with Crippen LogP contribution < -0.4 is 10.2 Å². The van der Waals surface area contributed by atoms with E-state index in [1.54, 1.807) is 53.4 Å². The molecule has 1 saturated heterocycles. The monoisotopic (exact) mass is 521 g/mol. The van der Waals surface area contributed by atoms with Gasteiger partial charge in [-0.3, -0.25) is 14.5 Å². The van der Waals surface area contributed by atoms with E-state index in [4.69, 9.17) is 28.6 Å². The molecule has 1 unspecified atom stereocenters. The largest absolute Gasteiger partial charge is 0.465 e. The summed E-state index contributed by atoms with van der Waals surface area (Å²) < 4.78 is 4.69. The molecule has 0 bridgehead atoms. The quantitative estimate of drug-likeness (QED) is 0.342. The molecule has 1 aliphatic heterocycles. The molecule has 36 heavy (non-hydrogen) atoms. The summed E-state index contributed by atoms with van der Waals surface area (Å²) in [6.07, 6.45) is 0.576. The number of ether oxygens (including phenoxy) is 1. The Labute approximate surface area is 219 Å². The number of halogens is 1. The fourth-order valence-electron chi connectivity index (χ4n) is 4.00. The van der Waals surface area contributed by atoms with Gasteiger partial charge in [-0.25, -0.2) is 4.79 Å². The molecule has 9 heteroatoms. The van der Waals surface area contributed by atoms with Crippen LogP contribution in [0.4, 0.5) is 11.4 Å². The molecule has 1 fully saturated rings. The molecule has 184 valence electrons. The summed E-state index contributed by atoms with van der Waals surface area (Å²) in [5.41, 5.74) is 2.58. The molecule has 2 amide bonds. The smallest absolute Gasteiger partial charge is 0.337 e. The number of anilines is 2. The van der Waals surface area contributed by atoms with Crippen molar-refractivity contribution in [1.82, 2.24) is 4.90 Å². The van der Waals surface area contributed by atoms with Gasteiger partial charge in [0.05, 0.1) is 24.8 Å². The summed E-state index contributed by atoms with van der Waals surface area (Å²) >= 11 is 11.7. The molecule has 3 aromatic rings. The molecule has 4 rings (SSSR count). The van der Waals surface area contributed by atoms with E-state index >= 15 is 0 Å². The molecular formula is C27H24ClN3O4S. The fraction of sp³-hybridized carbons (Fsp3) is 0.185. The number of rotatable bonds is 8. The number of amides is 2. The van der Waals surface area contributed by atoms with Crippen LogP contribution in [-0.2, 0) is 20.7 Å². The molecule has 0 saturated carbocycles. The minimum atomic E-state index is -0.758. The van der Waals surface area contributed by atoms with Gasteiger partial charge in [0, 0.05) is 17.3 Å². The second kappa shape index (κ2) is 11.3. The van der Waals surface area contributed by atoms with Crippen molar-refractivity contribution in [3.8, 4) is 0 Å². The first-order chi connectivity index (χ1) is 17.4. The maximum absolute atomic E-state index is 13.5. The number of carbonyl (C=O) groups excluding carboxylic acids is 3. The standard InChI is InChI=1S/C27H24ClN3O4S/c1-35-26(34)19-7-11-21(12-8-19)29-24(32)17-23-25(33)31(22-13-9-20(28)10-14-22)27(36)30(23)16-15-18-5-3-2-4-6-18/h2-14,23H,15-17H2,1H3,(H,29,32). The van der Waals surface area contributed by atoms with Crippen molar-refractivity contribution >= 4 is 58.1 Å². The van der Waals surface area contributed by atoms with E-state index < -0.39 is 12.0 Å². The lowest BCUT2D eigenvalue weighted by Gasteiger charge is -2.24. The minimum absolute atomic E-state index is 0.0867. The second-order valence-electron chi connectivity index (χ2n) is 8.20. The highest BCUT2D eigenvalue weighted by molar-refractivity contribution is 7.80. The van der Waals surface area contributed by atoms with Gasteiger partial charge in [-0.1, -0.05) is 41.9 Å². The number of nitrogens with one attached hydrogen (secondary N) is 1. The van der Waals surface area contributed by atoms with Crippen LogP contribution >= 0.6 is 23.8 Å². The van der Waals surface area contributed by atoms with Gasteiger partial charge in [-0.05, 0) is 72.7 Å². The molecule has 1 N–H and O–H groups in total. The van der Waals surface area contributed by atoms with Crippen molar-refractivity contribution in [2.24, 2.45) is 0 Å². The van der Waals surface area contributed by atoms with E-state index in [-0.39, 0.29) is 18.2 Å². The predicted molar refractivity (Wildman–Crippen MR) is 143 cm³/mol. The van der Waals surface area contributed by atoms with Crippen molar-refractivity contribution in [3.05, 3.63) is 95.0 Å². The first-order valence-electron chi connectivity index (χ1n) is 11.3. The molecule has 1 aliphatic rings. The lowest BCUT2D eigenvalue weighted by atomic mass is 10.1. The predicted octanol–water partition coefficient (Wildman–Crippen LogP) is 4.70. The Morgan fingerprint density at radius 3 is 2.31 bits per heavy atom. The van der Waals surface area contributed by atoms with Gasteiger partial charge in [-0.2, -0.15) is 0 Å². The molecule has 0 aromatic heterocycles. The number of esters is 1. The Morgan fingerprint density at radius 2 is 1.67 bits per heavy atom. The first kappa shape index (κ1) is 25.3. The number of hydrogen-bond donors (Lipinski definition) is 1. The minimum Gasteiger partial charge on any atom is -0.465 e. The van der Waals surface area contributed by atoms with Gasteiger partial charge >= 0.3 is 5.97 Å². The molecule has 1 heterocycles. The van der Waals surface area contributed by atoms with Crippen LogP contribution in [0.3, 0.4) is 0 Å². The number of benzene rings is 3. The lowest BCUT2D eigenvalue weighted by Crippen LogP contribution is -2.39. The summed E-state index contributed by atoms with van der Waals surface area (Å²) in [5, 5.41) is 3.69. The zero-order valence-electron chi connectivity index (χ0n) is 19.5. The Hall–Kier alpha value is -3.75. The third-order valence-corrected chi connectivity index (χ3v) is 6.53. The average molecular weight is 522 g/mol. The first-order valence-corrected chi connectivity index (χ1v) is 12.1. The highest BCUT2D eigenvalue weighted by Crippen LogP contribution is 2.29. The summed E-state index contributed by atoms with van der Waals surface area (Å²) in [6, 6.07) is 22.3. The van der Waals surface area contributed by atoms with E-state index in [9.17, 15) is 14.4 Å². The van der Waals surface area contributed by atoms with Gasteiger partial charge in [0.25, 0.3) is 5.91 Å². The van der Waals surface area contributed by atoms with Crippen molar-refractivity contribution < 1.29 is 19.1 Å². The summed E-state index contributed by atoms with van der Waals surface area (Å²) in [4.78, 5) is 41.3. The van der Waals surface area contributed by atoms with Crippen LogP contribution in [0.5, 0.6) is 0 Å². The molecule has 1 atom stereocenters. The van der Waals surface area contributed by atoms with Crippen LogP contribution in [0.15, 0.2) is 78.9 Å². The second-order valence-corrected chi connectivity index (χ2v) is 9.00. The normalized spacial score (nSPS) is 15.2. The van der Waals surface area contributed by atoms with Crippen LogP contribution in [0, 0.1) is 0 Å². The van der Waals surface area contributed by atoms with Crippen LogP contribution in [0.1, 0.15) is 22.3 Å².